The van der Waals surface area contributed by atoms with Crippen LogP contribution in [0.3, 0.4) is 0 Å². The summed E-state index contributed by atoms with van der Waals surface area (Å²) in [5.41, 5.74) is -0.358. The van der Waals surface area contributed by atoms with Gasteiger partial charge in [0.15, 0.2) is 0 Å². The molecule has 0 aliphatic carbocycles. The van der Waals surface area contributed by atoms with Crippen molar-refractivity contribution in [2.75, 3.05) is 7.11 Å². The molecule has 0 aliphatic rings. The van der Waals surface area contributed by atoms with Gasteiger partial charge >= 0.3 is 0 Å². The molecule has 0 aliphatic heterocycles. The van der Waals surface area contributed by atoms with Gasteiger partial charge in [-0.2, -0.15) is 0 Å². The molecule has 0 saturated carbocycles. The van der Waals surface area contributed by atoms with Gasteiger partial charge in [0.05, 0.1) is 5.60 Å². The van der Waals surface area contributed by atoms with Gasteiger partial charge in [0.1, 0.15) is 5.17 Å². The lowest BCUT2D eigenvalue weighted by atomic mass is 10.1. The molecule has 0 amide bonds. The second-order valence-electron chi connectivity index (χ2n) is 2.62. The molecule has 0 spiro atoms. The first-order valence-electron chi connectivity index (χ1n) is 2.93. The number of rotatable bonds is 3. The van der Waals surface area contributed by atoms with Crippen molar-refractivity contribution < 1.29 is 9.94 Å². The number of ether oxygens (including phenoxy) is 1. The zero-order valence-electron chi connectivity index (χ0n) is 6.39. The zero-order chi connectivity index (χ0) is 8.20. The topological polar surface area (TPSA) is 41.8 Å². The summed E-state index contributed by atoms with van der Waals surface area (Å²) in [6, 6.07) is 0. The maximum absolute atomic E-state index is 8.19. The number of hydrogen-bond acceptors (Lipinski definition) is 3. The lowest BCUT2D eigenvalue weighted by Gasteiger charge is -2.20. The third-order valence-corrected chi connectivity index (χ3v) is 1.44. The van der Waals surface area contributed by atoms with E-state index in [1.54, 1.807) is 7.11 Å². The Morgan fingerprint density at radius 1 is 1.70 bits per heavy atom. The highest BCUT2D eigenvalue weighted by Gasteiger charge is 2.18. The highest BCUT2D eigenvalue weighted by atomic mass is 35.5. The minimum Gasteiger partial charge on any atom is -0.410 e. The van der Waals surface area contributed by atoms with E-state index in [0.29, 0.717) is 6.42 Å². The van der Waals surface area contributed by atoms with Crippen molar-refractivity contribution in [3.05, 3.63) is 0 Å². The van der Waals surface area contributed by atoms with Crippen molar-refractivity contribution in [3.8, 4) is 0 Å². The summed E-state index contributed by atoms with van der Waals surface area (Å²) in [6.07, 6.45) is 0.418. The summed E-state index contributed by atoms with van der Waals surface area (Å²) < 4.78 is 5.03. The van der Waals surface area contributed by atoms with Crippen LogP contribution in [0.5, 0.6) is 0 Å². The summed E-state index contributed by atoms with van der Waals surface area (Å²) in [5, 5.41) is 11.2. The second-order valence-corrected chi connectivity index (χ2v) is 3.05. The molecule has 0 radical (unpaired) electrons. The van der Waals surface area contributed by atoms with Gasteiger partial charge in [-0.3, -0.25) is 0 Å². The summed E-state index contributed by atoms with van der Waals surface area (Å²) in [6.45, 7) is 3.72. The lowest BCUT2D eigenvalue weighted by Crippen LogP contribution is -2.24. The predicted octanol–water partition coefficient (Wildman–Crippen LogP) is 1.83. The van der Waals surface area contributed by atoms with Crippen LogP contribution in [-0.2, 0) is 4.74 Å². The van der Waals surface area contributed by atoms with Crippen molar-refractivity contribution in [2.24, 2.45) is 5.16 Å². The Balaban J connectivity index is 3.88. The number of halogens is 1. The van der Waals surface area contributed by atoms with Gasteiger partial charge in [0.2, 0.25) is 0 Å². The first-order valence-corrected chi connectivity index (χ1v) is 3.31. The molecule has 0 fully saturated rings. The molecule has 0 bridgehead atoms. The molecule has 0 saturated heterocycles. The molecule has 10 heavy (non-hydrogen) atoms. The Morgan fingerprint density at radius 3 is 2.50 bits per heavy atom. The van der Waals surface area contributed by atoms with Gasteiger partial charge in [0.25, 0.3) is 0 Å². The third-order valence-electron chi connectivity index (χ3n) is 1.23. The largest absolute Gasteiger partial charge is 0.410 e. The van der Waals surface area contributed by atoms with Crippen molar-refractivity contribution >= 4 is 16.8 Å². The van der Waals surface area contributed by atoms with E-state index in [9.17, 15) is 0 Å². The van der Waals surface area contributed by atoms with Gasteiger partial charge < -0.3 is 9.94 Å². The molecule has 0 aromatic rings. The Morgan fingerprint density at radius 2 is 2.20 bits per heavy atom. The van der Waals surface area contributed by atoms with Crippen molar-refractivity contribution in [1.29, 1.82) is 0 Å². The van der Waals surface area contributed by atoms with Crippen LogP contribution in [0.15, 0.2) is 5.16 Å². The maximum Gasteiger partial charge on any atom is 0.148 e. The Kier molecular flexibility index (Phi) is 3.68. The van der Waals surface area contributed by atoms with E-state index in [-0.39, 0.29) is 10.8 Å². The highest BCUT2D eigenvalue weighted by molar-refractivity contribution is 6.65. The van der Waals surface area contributed by atoms with E-state index in [1.807, 2.05) is 13.8 Å². The number of nitrogens with zero attached hydrogens (tertiary/aromatic N) is 1. The van der Waals surface area contributed by atoms with Crippen LogP contribution in [0.1, 0.15) is 20.3 Å². The van der Waals surface area contributed by atoms with Crippen LogP contribution in [0.25, 0.3) is 0 Å². The standard InChI is InChI=1S/C6H12ClNO2/c1-6(2,10-3)4-5(7)8-9/h9H,4H2,1-3H3/b8-5-. The maximum atomic E-state index is 8.19. The SMILES string of the molecule is COC(C)(C)C/C(Cl)=N/O. The Bertz CT molecular complexity index is 134. The molecule has 60 valence electrons. The van der Waals surface area contributed by atoms with Crippen LogP contribution >= 0.6 is 11.6 Å². The Labute approximate surface area is 65.6 Å². The fraction of sp³-hybridized carbons (Fsp3) is 0.833. The number of oxime groups is 1. The quantitative estimate of drug-likeness (QED) is 0.394. The minimum atomic E-state index is -0.358. The fourth-order valence-corrected chi connectivity index (χ4v) is 0.781. The molecule has 0 aromatic heterocycles. The summed E-state index contributed by atoms with van der Waals surface area (Å²) in [4.78, 5) is 0. The average molecular weight is 166 g/mol. The van der Waals surface area contributed by atoms with Crippen molar-refractivity contribution in [1.82, 2.24) is 0 Å². The van der Waals surface area contributed by atoms with E-state index in [4.69, 9.17) is 21.5 Å². The third kappa shape index (κ3) is 3.69. The normalized spacial score (nSPS) is 13.8. The number of methoxy groups -OCH3 is 1. The smallest absolute Gasteiger partial charge is 0.148 e. The van der Waals surface area contributed by atoms with Crippen LogP contribution < -0.4 is 0 Å². The fourth-order valence-electron chi connectivity index (χ4n) is 0.459. The molecule has 0 aromatic carbocycles. The first-order chi connectivity index (χ1) is 4.52. The van der Waals surface area contributed by atoms with E-state index < -0.39 is 0 Å². The molecule has 0 atom stereocenters. The van der Waals surface area contributed by atoms with Crippen molar-refractivity contribution in [2.45, 2.75) is 25.9 Å². The zero-order valence-corrected chi connectivity index (χ0v) is 7.14. The van der Waals surface area contributed by atoms with Gasteiger partial charge in [-0.1, -0.05) is 16.8 Å². The van der Waals surface area contributed by atoms with E-state index >= 15 is 0 Å². The summed E-state index contributed by atoms with van der Waals surface area (Å²) in [5.74, 6) is 0. The van der Waals surface area contributed by atoms with Crippen LogP contribution in [0.4, 0.5) is 0 Å². The molecule has 0 rings (SSSR count). The van der Waals surface area contributed by atoms with E-state index in [1.165, 1.54) is 0 Å². The highest BCUT2D eigenvalue weighted by Crippen LogP contribution is 2.14. The molecule has 0 unspecified atom stereocenters. The number of hydrogen-bond donors (Lipinski definition) is 1. The van der Waals surface area contributed by atoms with Gasteiger partial charge in [0, 0.05) is 13.5 Å². The van der Waals surface area contributed by atoms with Gasteiger partial charge in [-0.05, 0) is 13.8 Å². The molecule has 1 N–H and O–H groups in total. The Hall–Kier alpha value is -0.280. The molecule has 4 heteroatoms. The lowest BCUT2D eigenvalue weighted by molar-refractivity contribution is 0.0292. The van der Waals surface area contributed by atoms with Crippen molar-refractivity contribution in [3.63, 3.8) is 0 Å². The van der Waals surface area contributed by atoms with Crippen LogP contribution in [0.2, 0.25) is 0 Å². The van der Waals surface area contributed by atoms with Crippen LogP contribution in [-0.4, -0.2) is 23.1 Å². The second kappa shape index (κ2) is 3.78. The van der Waals surface area contributed by atoms with Crippen LogP contribution in [0, 0.1) is 0 Å². The minimum absolute atomic E-state index is 0.159. The molecule has 3 nitrogen and oxygen atoms in total. The van der Waals surface area contributed by atoms with Gasteiger partial charge in [-0.25, -0.2) is 0 Å². The van der Waals surface area contributed by atoms with E-state index in [0.717, 1.165) is 0 Å². The van der Waals surface area contributed by atoms with E-state index in [2.05, 4.69) is 5.16 Å². The summed E-state index contributed by atoms with van der Waals surface area (Å²) in [7, 11) is 1.58. The first kappa shape index (κ1) is 9.72. The predicted molar refractivity (Wildman–Crippen MR) is 40.8 cm³/mol. The van der Waals surface area contributed by atoms with Gasteiger partial charge in [-0.15, -0.1) is 0 Å². The molecular formula is C6H12ClNO2. The molecule has 0 heterocycles. The average Bonchev–Trinajstić information content (AvgIpc) is 1.87. The monoisotopic (exact) mass is 165 g/mol. The summed E-state index contributed by atoms with van der Waals surface area (Å²) >= 11 is 5.45. The molecular weight excluding hydrogens is 154 g/mol.